The number of benzene rings is 2. The molecule has 2 aromatic carbocycles. The van der Waals surface area contributed by atoms with Crippen molar-refractivity contribution in [3.8, 4) is 28.5 Å². The van der Waals surface area contributed by atoms with E-state index in [0.717, 1.165) is 11.8 Å². The van der Waals surface area contributed by atoms with E-state index in [4.69, 9.17) is 9.47 Å². The summed E-state index contributed by atoms with van der Waals surface area (Å²) in [6.45, 7) is 4.19. The molecule has 0 fully saturated rings. The second kappa shape index (κ2) is 9.18. The van der Waals surface area contributed by atoms with E-state index in [0.29, 0.717) is 34.4 Å². The van der Waals surface area contributed by atoms with Gasteiger partial charge in [0.05, 0.1) is 13.4 Å². The first kappa shape index (κ1) is 22.3. The minimum absolute atomic E-state index is 0.162. The van der Waals surface area contributed by atoms with Gasteiger partial charge in [-0.05, 0) is 53.9 Å². The Labute approximate surface area is 182 Å². The van der Waals surface area contributed by atoms with Crippen molar-refractivity contribution in [2.24, 2.45) is 0 Å². The smallest absolute Gasteiger partial charge is 0.264 e. The summed E-state index contributed by atoms with van der Waals surface area (Å²) in [5.41, 5.74) is 2.44. The number of ether oxygens (including phenoxy) is 2. The zero-order chi connectivity index (χ0) is 22.6. The van der Waals surface area contributed by atoms with Gasteiger partial charge >= 0.3 is 0 Å². The number of aromatic nitrogens is 1. The van der Waals surface area contributed by atoms with Crippen LogP contribution in [0.15, 0.2) is 60.8 Å². The van der Waals surface area contributed by atoms with Gasteiger partial charge in [0.25, 0.3) is 5.91 Å². The van der Waals surface area contributed by atoms with Crippen molar-refractivity contribution in [1.29, 1.82) is 0 Å². The van der Waals surface area contributed by atoms with E-state index in [1.165, 1.54) is 13.2 Å². The Bertz CT molecular complexity index is 1210. The third kappa shape index (κ3) is 5.61. The lowest BCUT2D eigenvalue weighted by Crippen LogP contribution is -2.29. The topological polar surface area (TPSA) is 94.6 Å². The number of hydrogen-bond acceptors (Lipinski definition) is 6. The van der Waals surface area contributed by atoms with Gasteiger partial charge in [-0.2, -0.15) is 0 Å². The number of nitrogens with one attached hydrogen (secondary N) is 1. The van der Waals surface area contributed by atoms with Gasteiger partial charge in [0, 0.05) is 22.9 Å². The Kier molecular flexibility index (Phi) is 6.60. The highest BCUT2D eigenvalue weighted by molar-refractivity contribution is 7.89. The molecule has 0 radical (unpaired) electrons. The van der Waals surface area contributed by atoms with Crippen molar-refractivity contribution in [3.63, 3.8) is 0 Å². The average Bonchev–Trinajstić information content (AvgIpc) is 2.73. The maximum atomic E-state index is 12.4. The lowest BCUT2D eigenvalue weighted by Gasteiger charge is -2.16. The summed E-state index contributed by atoms with van der Waals surface area (Å²) < 4.78 is 36.5. The highest BCUT2D eigenvalue weighted by Gasteiger charge is 2.18. The molecule has 0 atom stereocenters. The Hall–Kier alpha value is -3.39. The summed E-state index contributed by atoms with van der Waals surface area (Å²) in [7, 11) is -2.20. The number of hydrogen-bond donors (Lipinski definition) is 1. The molecule has 3 rings (SSSR count). The van der Waals surface area contributed by atoms with Gasteiger partial charge in [-0.3, -0.25) is 4.79 Å². The van der Waals surface area contributed by atoms with Crippen LogP contribution >= 0.6 is 0 Å². The van der Waals surface area contributed by atoms with Crippen LogP contribution in [0.3, 0.4) is 0 Å². The van der Waals surface area contributed by atoms with E-state index in [1.807, 2.05) is 29.0 Å². The standard InChI is InChI=1S/C23H24N2O5S/c1-15(2)16-7-5-8-18(13-16)30-21-11-10-17(22(26)25-31(4,27)28)14-20(21)19-9-6-12-24-23(19)29-3/h5-15H,1-4H3,(H,25,26). The molecule has 0 aliphatic heterocycles. The van der Waals surface area contributed by atoms with Gasteiger partial charge in [0.15, 0.2) is 0 Å². The molecule has 31 heavy (non-hydrogen) atoms. The van der Waals surface area contributed by atoms with E-state index >= 15 is 0 Å². The molecule has 0 saturated carbocycles. The van der Waals surface area contributed by atoms with Gasteiger partial charge in [-0.1, -0.05) is 26.0 Å². The number of sulfonamides is 1. The lowest BCUT2D eigenvalue weighted by molar-refractivity contribution is 0.0981. The van der Waals surface area contributed by atoms with Gasteiger partial charge in [0.1, 0.15) is 11.5 Å². The average molecular weight is 441 g/mol. The first-order chi connectivity index (χ1) is 14.7. The second-order valence-corrected chi connectivity index (χ2v) is 9.05. The molecule has 1 amide bonds. The Morgan fingerprint density at radius 3 is 2.48 bits per heavy atom. The number of carbonyl (C=O) groups is 1. The van der Waals surface area contributed by atoms with Crippen LogP contribution in [0.1, 0.15) is 35.7 Å². The van der Waals surface area contributed by atoms with Crippen molar-refractivity contribution in [3.05, 3.63) is 71.9 Å². The Balaban J connectivity index is 2.10. The predicted molar refractivity (Wildman–Crippen MR) is 119 cm³/mol. The van der Waals surface area contributed by atoms with E-state index in [9.17, 15) is 13.2 Å². The molecule has 162 valence electrons. The molecule has 1 aromatic heterocycles. The van der Waals surface area contributed by atoms with Crippen LogP contribution in [0.2, 0.25) is 0 Å². The summed E-state index contributed by atoms with van der Waals surface area (Å²) in [6.07, 6.45) is 2.52. The number of nitrogens with zero attached hydrogens (tertiary/aromatic N) is 1. The molecule has 7 nitrogen and oxygen atoms in total. The highest BCUT2D eigenvalue weighted by atomic mass is 32.2. The van der Waals surface area contributed by atoms with Crippen molar-refractivity contribution in [2.45, 2.75) is 19.8 Å². The normalized spacial score (nSPS) is 11.3. The molecule has 1 heterocycles. The number of carbonyl (C=O) groups excluding carboxylic acids is 1. The lowest BCUT2D eigenvalue weighted by atomic mass is 10.0. The van der Waals surface area contributed by atoms with Crippen LogP contribution in [-0.2, 0) is 10.0 Å². The van der Waals surface area contributed by atoms with Crippen LogP contribution in [0.5, 0.6) is 17.4 Å². The van der Waals surface area contributed by atoms with Gasteiger partial charge in [0.2, 0.25) is 15.9 Å². The fourth-order valence-corrected chi connectivity index (χ4v) is 3.48. The van der Waals surface area contributed by atoms with Gasteiger partial charge in [-0.25, -0.2) is 18.1 Å². The Morgan fingerprint density at radius 1 is 1.03 bits per heavy atom. The molecule has 1 N–H and O–H groups in total. The third-order valence-electron chi connectivity index (χ3n) is 4.53. The number of methoxy groups -OCH3 is 1. The van der Waals surface area contributed by atoms with Crippen LogP contribution in [0.25, 0.3) is 11.1 Å². The highest BCUT2D eigenvalue weighted by Crippen LogP contribution is 2.38. The van der Waals surface area contributed by atoms with Crippen LogP contribution in [0, 0.1) is 0 Å². The SMILES string of the molecule is COc1ncccc1-c1cc(C(=O)NS(C)(=O)=O)ccc1Oc1cccc(C(C)C)c1. The second-order valence-electron chi connectivity index (χ2n) is 7.30. The predicted octanol–water partition coefficient (Wildman–Crippen LogP) is 4.36. The quantitative estimate of drug-likeness (QED) is 0.587. The molecular weight excluding hydrogens is 416 g/mol. The monoisotopic (exact) mass is 440 g/mol. The molecule has 3 aromatic rings. The molecular formula is C23H24N2O5S. The first-order valence-electron chi connectivity index (χ1n) is 9.61. The molecule has 0 saturated heterocycles. The van der Waals surface area contributed by atoms with Crippen molar-refractivity contribution < 1.29 is 22.7 Å². The minimum Gasteiger partial charge on any atom is -0.481 e. The van der Waals surface area contributed by atoms with Crippen LogP contribution in [-0.4, -0.2) is 32.7 Å². The summed E-state index contributed by atoms with van der Waals surface area (Å²) in [4.78, 5) is 16.6. The largest absolute Gasteiger partial charge is 0.481 e. The van der Waals surface area contributed by atoms with Crippen molar-refractivity contribution in [1.82, 2.24) is 9.71 Å². The minimum atomic E-state index is -3.70. The van der Waals surface area contributed by atoms with E-state index < -0.39 is 15.9 Å². The van der Waals surface area contributed by atoms with Crippen molar-refractivity contribution >= 4 is 15.9 Å². The Morgan fingerprint density at radius 2 is 1.81 bits per heavy atom. The number of amides is 1. The zero-order valence-electron chi connectivity index (χ0n) is 17.7. The van der Waals surface area contributed by atoms with Crippen LogP contribution < -0.4 is 14.2 Å². The zero-order valence-corrected chi connectivity index (χ0v) is 18.6. The summed E-state index contributed by atoms with van der Waals surface area (Å²) in [5, 5.41) is 0. The van der Waals surface area contributed by atoms with Gasteiger partial charge in [-0.15, -0.1) is 0 Å². The van der Waals surface area contributed by atoms with Crippen LogP contribution in [0.4, 0.5) is 0 Å². The van der Waals surface area contributed by atoms with E-state index in [2.05, 4.69) is 18.8 Å². The summed E-state index contributed by atoms with van der Waals surface area (Å²) in [5.74, 6) is 1.07. The molecule has 0 aliphatic rings. The fourth-order valence-electron chi connectivity index (χ4n) is 3.02. The van der Waals surface area contributed by atoms with E-state index in [1.54, 1.807) is 30.5 Å². The molecule has 0 aliphatic carbocycles. The van der Waals surface area contributed by atoms with Gasteiger partial charge < -0.3 is 9.47 Å². The van der Waals surface area contributed by atoms with E-state index in [-0.39, 0.29) is 5.56 Å². The summed E-state index contributed by atoms with van der Waals surface area (Å²) in [6, 6.07) is 16.0. The molecule has 0 bridgehead atoms. The number of pyridine rings is 1. The number of rotatable bonds is 7. The van der Waals surface area contributed by atoms with Crippen molar-refractivity contribution in [2.75, 3.05) is 13.4 Å². The third-order valence-corrected chi connectivity index (χ3v) is 5.08. The molecule has 8 heteroatoms. The molecule has 0 unspecified atom stereocenters. The maximum absolute atomic E-state index is 12.4. The first-order valence-corrected chi connectivity index (χ1v) is 11.5. The molecule has 0 spiro atoms. The summed E-state index contributed by atoms with van der Waals surface area (Å²) >= 11 is 0. The maximum Gasteiger partial charge on any atom is 0.264 e. The fraction of sp³-hybridized carbons (Fsp3) is 0.217.